The first-order valence-electron chi connectivity index (χ1n) is 6.13. The zero-order chi connectivity index (χ0) is 12.0. The summed E-state index contributed by atoms with van der Waals surface area (Å²) >= 11 is 3.31. The minimum absolute atomic E-state index is 0.267. The molecule has 0 N–H and O–H groups in total. The Bertz CT molecular complexity index is 461. The van der Waals surface area contributed by atoms with Crippen LogP contribution >= 0.6 is 15.9 Å². The standard InChI is InChI=1S/C14H14BrFO/c15-12-7-9(16)5-4-8(12)6-13(17)14-10-2-1-3-11(10)14/h4-5,7,10-11,14H,1-3,6H2. The van der Waals surface area contributed by atoms with Crippen molar-refractivity contribution in [2.75, 3.05) is 0 Å². The molecule has 0 spiro atoms. The smallest absolute Gasteiger partial charge is 0.140 e. The predicted octanol–water partition coefficient (Wildman–Crippen LogP) is 3.75. The van der Waals surface area contributed by atoms with Gasteiger partial charge in [-0.25, -0.2) is 4.39 Å². The molecule has 0 aliphatic heterocycles. The Morgan fingerprint density at radius 1 is 1.35 bits per heavy atom. The second-order valence-corrected chi connectivity index (χ2v) is 6.02. The van der Waals surface area contributed by atoms with Gasteiger partial charge in [-0.05, 0) is 42.4 Å². The average molecular weight is 297 g/mol. The summed E-state index contributed by atoms with van der Waals surface area (Å²) < 4.78 is 13.6. The molecule has 2 fully saturated rings. The first-order valence-corrected chi connectivity index (χ1v) is 6.93. The molecule has 1 aromatic rings. The van der Waals surface area contributed by atoms with E-state index in [-0.39, 0.29) is 5.82 Å². The molecular formula is C14H14BrFO. The van der Waals surface area contributed by atoms with Crippen molar-refractivity contribution in [2.45, 2.75) is 25.7 Å². The molecule has 0 aromatic heterocycles. The number of halogens is 2. The van der Waals surface area contributed by atoms with Crippen LogP contribution in [0.5, 0.6) is 0 Å². The second kappa shape index (κ2) is 4.20. The largest absolute Gasteiger partial charge is 0.299 e. The van der Waals surface area contributed by atoms with E-state index in [1.54, 1.807) is 6.07 Å². The summed E-state index contributed by atoms with van der Waals surface area (Å²) in [6, 6.07) is 4.55. The third-order valence-corrected chi connectivity index (χ3v) is 4.90. The highest BCUT2D eigenvalue weighted by atomic mass is 79.9. The van der Waals surface area contributed by atoms with Gasteiger partial charge in [0.25, 0.3) is 0 Å². The molecule has 2 unspecified atom stereocenters. The summed E-state index contributed by atoms with van der Waals surface area (Å²) in [5.74, 6) is 1.72. The van der Waals surface area contributed by atoms with Crippen molar-refractivity contribution in [3.8, 4) is 0 Å². The molecule has 90 valence electrons. The topological polar surface area (TPSA) is 17.1 Å². The molecule has 2 aliphatic carbocycles. The average Bonchev–Trinajstić information content (AvgIpc) is 2.77. The summed E-state index contributed by atoms with van der Waals surface area (Å²) in [7, 11) is 0. The number of Topliss-reactive ketones (excluding diaryl/α,β-unsaturated/α-hetero) is 1. The van der Waals surface area contributed by atoms with E-state index in [4.69, 9.17) is 0 Å². The molecule has 0 bridgehead atoms. The van der Waals surface area contributed by atoms with Crippen molar-refractivity contribution < 1.29 is 9.18 Å². The van der Waals surface area contributed by atoms with Crippen LogP contribution in [0.4, 0.5) is 4.39 Å². The number of hydrogen-bond donors (Lipinski definition) is 0. The van der Waals surface area contributed by atoms with Gasteiger partial charge in [-0.2, -0.15) is 0 Å². The number of rotatable bonds is 3. The molecule has 1 aromatic carbocycles. The first kappa shape index (κ1) is 11.4. The lowest BCUT2D eigenvalue weighted by atomic mass is 10.0. The fourth-order valence-electron chi connectivity index (χ4n) is 3.27. The van der Waals surface area contributed by atoms with Crippen LogP contribution in [-0.4, -0.2) is 5.78 Å². The van der Waals surface area contributed by atoms with Gasteiger partial charge in [0.15, 0.2) is 0 Å². The molecule has 0 radical (unpaired) electrons. The Balaban J connectivity index is 1.69. The molecule has 2 atom stereocenters. The summed E-state index contributed by atoms with van der Waals surface area (Å²) in [4.78, 5) is 12.1. The highest BCUT2D eigenvalue weighted by molar-refractivity contribution is 9.10. The first-order chi connectivity index (χ1) is 8.16. The van der Waals surface area contributed by atoms with Gasteiger partial charge in [0, 0.05) is 16.8 Å². The normalized spacial score (nSPS) is 30.1. The Labute approximate surface area is 109 Å². The number of fused-ring (bicyclic) bond motifs is 1. The van der Waals surface area contributed by atoms with Crippen LogP contribution in [0.3, 0.4) is 0 Å². The number of carbonyl (C=O) groups excluding carboxylic acids is 1. The van der Waals surface area contributed by atoms with Crippen LogP contribution in [0, 0.1) is 23.6 Å². The zero-order valence-corrected chi connectivity index (χ0v) is 11.0. The van der Waals surface area contributed by atoms with Crippen molar-refractivity contribution >= 4 is 21.7 Å². The Morgan fingerprint density at radius 3 is 2.71 bits per heavy atom. The van der Waals surface area contributed by atoms with Gasteiger partial charge >= 0.3 is 0 Å². The number of ketones is 1. The fourth-order valence-corrected chi connectivity index (χ4v) is 3.76. The van der Waals surface area contributed by atoms with Gasteiger partial charge in [-0.1, -0.05) is 28.4 Å². The Kier molecular flexibility index (Phi) is 2.81. The summed E-state index contributed by atoms with van der Waals surface area (Å²) in [5.41, 5.74) is 0.904. The molecule has 2 saturated carbocycles. The number of hydrogen-bond acceptors (Lipinski definition) is 1. The van der Waals surface area contributed by atoms with Gasteiger partial charge in [0.2, 0.25) is 0 Å². The van der Waals surface area contributed by atoms with Crippen molar-refractivity contribution in [2.24, 2.45) is 17.8 Å². The highest BCUT2D eigenvalue weighted by Gasteiger charge is 2.55. The molecule has 3 heteroatoms. The lowest BCUT2D eigenvalue weighted by Crippen LogP contribution is -2.09. The third kappa shape index (κ3) is 2.05. The van der Waals surface area contributed by atoms with Gasteiger partial charge in [0.1, 0.15) is 11.6 Å². The van der Waals surface area contributed by atoms with E-state index in [1.807, 2.05) is 0 Å². The molecule has 17 heavy (non-hydrogen) atoms. The van der Waals surface area contributed by atoms with E-state index in [9.17, 15) is 9.18 Å². The molecular weight excluding hydrogens is 283 g/mol. The van der Waals surface area contributed by atoms with Crippen molar-refractivity contribution in [1.29, 1.82) is 0 Å². The number of carbonyl (C=O) groups is 1. The van der Waals surface area contributed by atoms with Crippen LogP contribution in [-0.2, 0) is 11.2 Å². The Hall–Kier alpha value is -0.700. The predicted molar refractivity (Wildman–Crippen MR) is 67.1 cm³/mol. The molecule has 3 rings (SSSR count). The van der Waals surface area contributed by atoms with Gasteiger partial charge in [0.05, 0.1) is 0 Å². The van der Waals surface area contributed by atoms with Crippen molar-refractivity contribution in [1.82, 2.24) is 0 Å². The van der Waals surface area contributed by atoms with Gasteiger partial charge in [-0.3, -0.25) is 4.79 Å². The van der Waals surface area contributed by atoms with Gasteiger partial charge < -0.3 is 0 Å². The summed E-state index contributed by atoms with van der Waals surface area (Å²) in [6.45, 7) is 0. The van der Waals surface area contributed by atoms with Gasteiger partial charge in [-0.15, -0.1) is 0 Å². The highest BCUT2D eigenvalue weighted by Crippen LogP contribution is 2.58. The van der Waals surface area contributed by atoms with Crippen LogP contribution in [0.2, 0.25) is 0 Å². The monoisotopic (exact) mass is 296 g/mol. The molecule has 0 amide bonds. The molecule has 0 heterocycles. The lowest BCUT2D eigenvalue weighted by molar-refractivity contribution is -0.120. The number of benzene rings is 1. The molecule has 1 nitrogen and oxygen atoms in total. The van der Waals surface area contributed by atoms with E-state index in [0.717, 1.165) is 5.56 Å². The fraction of sp³-hybridized carbons (Fsp3) is 0.500. The zero-order valence-electron chi connectivity index (χ0n) is 9.46. The SMILES string of the molecule is O=C(Cc1ccc(F)cc1Br)C1C2CCCC21. The maximum Gasteiger partial charge on any atom is 0.140 e. The summed E-state index contributed by atoms with van der Waals surface area (Å²) in [5, 5.41) is 0. The van der Waals surface area contributed by atoms with E-state index < -0.39 is 0 Å². The Morgan fingerprint density at radius 2 is 2.06 bits per heavy atom. The van der Waals surface area contributed by atoms with E-state index >= 15 is 0 Å². The summed E-state index contributed by atoms with van der Waals surface area (Å²) in [6.07, 6.45) is 4.19. The lowest BCUT2D eigenvalue weighted by Gasteiger charge is -2.05. The quantitative estimate of drug-likeness (QED) is 0.830. The maximum absolute atomic E-state index is 12.9. The minimum atomic E-state index is -0.267. The minimum Gasteiger partial charge on any atom is -0.299 e. The third-order valence-electron chi connectivity index (χ3n) is 4.16. The molecule has 2 aliphatic rings. The van der Waals surface area contributed by atoms with Crippen molar-refractivity contribution in [3.05, 3.63) is 34.1 Å². The van der Waals surface area contributed by atoms with E-state index in [2.05, 4.69) is 15.9 Å². The van der Waals surface area contributed by atoms with Crippen LogP contribution in [0.25, 0.3) is 0 Å². The van der Waals surface area contributed by atoms with E-state index in [0.29, 0.717) is 34.4 Å². The van der Waals surface area contributed by atoms with Crippen LogP contribution < -0.4 is 0 Å². The van der Waals surface area contributed by atoms with Crippen molar-refractivity contribution in [3.63, 3.8) is 0 Å². The van der Waals surface area contributed by atoms with E-state index in [1.165, 1.54) is 31.4 Å². The molecule has 0 saturated heterocycles. The van der Waals surface area contributed by atoms with Crippen LogP contribution in [0.1, 0.15) is 24.8 Å². The second-order valence-electron chi connectivity index (χ2n) is 5.16. The van der Waals surface area contributed by atoms with Crippen LogP contribution in [0.15, 0.2) is 22.7 Å². The maximum atomic E-state index is 12.9.